The second kappa shape index (κ2) is 6.71. The van der Waals surface area contributed by atoms with Gasteiger partial charge in [0.05, 0.1) is 12.2 Å². The fourth-order valence-corrected chi connectivity index (χ4v) is 2.80. The Morgan fingerprint density at radius 3 is 2.55 bits per heavy atom. The Labute approximate surface area is 122 Å². The van der Waals surface area contributed by atoms with Gasteiger partial charge in [-0.1, -0.05) is 44.2 Å². The maximum atomic E-state index is 4.72. The average Bonchev–Trinajstić information content (AvgIpc) is 2.72. The van der Waals surface area contributed by atoms with Gasteiger partial charge in [-0.3, -0.25) is 4.68 Å². The van der Waals surface area contributed by atoms with Crippen LogP contribution in [-0.2, 0) is 6.54 Å². The van der Waals surface area contributed by atoms with Crippen LogP contribution in [0.4, 0.5) is 0 Å². The summed E-state index contributed by atoms with van der Waals surface area (Å²) in [6, 6.07) is 10.5. The third-order valence-electron chi connectivity index (χ3n) is 3.81. The molecule has 0 amide bonds. The zero-order valence-electron chi connectivity index (χ0n) is 13.0. The van der Waals surface area contributed by atoms with Gasteiger partial charge in [0.25, 0.3) is 0 Å². The van der Waals surface area contributed by atoms with E-state index in [2.05, 4.69) is 68.0 Å². The quantitative estimate of drug-likeness (QED) is 0.874. The van der Waals surface area contributed by atoms with Gasteiger partial charge in [0.15, 0.2) is 0 Å². The van der Waals surface area contributed by atoms with Gasteiger partial charge in [-0.15, -0.1) is 0 Å². The minimum Gasteiger partial charge on any atom is -0.316 e. The molecule has 1 unspecified atom stereocenters. The number of aryl methyl sites for hydroxylation is 1. The van der Waals surface area contributed by atoms with Crippen LogP contribution in [0.5, 0.6) is 0 Å². The van der Waals surface area contributed by atoms with E-state index < -0.39 is 0 Å². The Morgan fingerprint density at radius 2 is 1.90 bits per heavy atom. The largest absolute Gasteiger partial charge is 0.316 e. The van der Waals surface area contributed by atoms with Crippen molar-refractivity contribution in [2.45, 2.75) is 40.2 Å². The summed E-state index contributed by atoms with van der Waals surface area (Å²) in [7, 11) is 0. The molecule has 0 saturated heterocycles. The lowest BCUT2D eigenvalue weighted by Gasteiger charge is -2.13. The summed E-state index contributed by atoms with van der Waals surface area (Å²) in [5.74, 6) is 0.500. The van der Waals surface area contributed by atoms with Gasteiger partial charge >= 0.3 is 0 Å². The van der Waals surface area contributed by atoms with E-state index in [1.165, 1.54) is 16.8 Å². The molecule has 20 heavy (non-hydrogen) atoms. The van der Waals surface area contributed by atoms with Crippen molar-refractivity contribution in [3.8, 4) is 0 Å². The third kappa shape index (κ3) is 3.28. The summed E-state index contributed by atoms with van der Waals surface area (Å²) < 4.78 is 2.13. The van der Waals surface area contributed by atoms with E-state index in [-0.39, 0.29) is 0 Å². The molecular formula is C17H25N3. The molecule has 0 radical (unpaired) electrons. The molecule has 0 aliphatic heterocycles. The Balaban J connectivity index is 2.20. The van der Waals surface area contributed by atoms with Crippen molar-refractivity contribution in [3.05, 3.63) is 52.8 Å². The standard InChI is InChI=1S/C17H25N3/c1-5-18-11-13(2)17-14(3)19-20(15(17)4)12-16-9-7-6-8-10-16/h6-10,13,18H,5,11-12H2,1-4H3. The van der Waals surface area contributed by atoms with E-state index in [0.717, 1.165) is 25.3 Å². The molecule has 1 aromatic carbocycles. The van der Waals surface area contributed by atoms with Crippen LogP contribution in [0.3, 0.4) is 0 Å². The molecule has 1 aromatic heterocycles. The molecule has 3 nitrogen and oxygen atoms in total. The monoisotopic (exact) mass is 271 g/mol. The first-order valence-electron chi connectivity index (χ1n) is 7.42. The van der Waals surface area contributed by atoms with E-state index in [4.69, 9.17) is 5.10 Å². The zero-order valence-corrected chi connectivity index (χ0v) is 13.0. The summed E-state index contributed by atoms with van der Waals surface area (Å²) in [6.45, 7) is 11.6. The molecule has 1 N–H and O–H groups in total. The number of nitrogens with zero attached hydrogens (tertiary/aromatic N) is 2. The van der Waals surface area contributed by atoms with Crippen molar-refractivity contribution in [1.82, 2.24) is 15.1 Å². The third-order valence-corrected chi connectivity index (χ3v) is 3.81. The van der Waals surface area contributed by atoms with Gasteiger partial charge in [0.1, 0.15) is 0 Å². The molecule has 0 fully saturated rings. The van der Waals surface area contributed by atoms with Gasteiger partial charge in [-0.05, 0) is 31.9 Å². The van der Waals surface area contributed by atoms with Gasteiger partial charge in [-0.25, -0.2) is 0 Å². The smallest absolute Gasteiger partial charge is 0.0662 e. The number of hydrogen-bond acceptors (Lipinski definition) is 2. The van der Waals surface area contributed by atoms with Gasteiger partial charge in [0.2, 0.25) is 0 Å². The predicted octanol–water partition coefficient (Wildman–Crippen LogP) is 3.26. The minimum absolute atomic E-state index is 0.500. The topological polar surface area (TPSA) is 29.9 Å². The molecule has 2 rings (SSSR count). The van der Waals surface area contributed by atoms with Crippen molar-refractivity contribution in [2.75, 3.05) is 13.1 Å². The molecule has 108 valence electrons. The fourth-order valence-electron chi connectivity index (χ4n) is 2.80. The van der Waals surface area contributed by atoms with Crippen LogP contribution < -0.4 is 5.32 Å². The maximum absolute atomic E-state index is 4.72. The Bertz CT molecular complexity index is 543. The van der Waals surface area contributed by atoms with Crippen molar-refractivity contribution < 1.29 is 0 Å². The summed E-state index contributed by atoms with van der Waals surface area (Å²) in [5.41, 5.74) is 5.13. The lowest BCUT2D eigenvalue weighted by Crippen LogP contribution is -2.20. The number of benzene rings is 1. The summed E-state index contributed by atoms with van der Waals surface area (Å²) in [6.07, 6.45) is 0. The lowest BCUT2D eigenvalue weighted by atomic mass is 9.99. The molecule has 3 heteroatoms. The van der Waals surface area contributed by atoms with Crippen LogP contribution in [0.25, 0.3) is 0 Å². The van der Waals surface area contributed by atoms with E-state index in [0.29, 0.717) is 5.92 Å². The maximum Gasteiger partial charge on any atom is 0.0662 e. The van der Waals surface area contributed by atoms with E-state index >= 15 is 0 Å². The van der Waals surface area contributed by atoms with Crippen molar-refractivity contribution >= 4 is 0 Å². The van der Waals surface area contributed by atoms with Crippen LogP contribution in [0.2, 0.25) is 0 Å². The van der Waals surface area contributed by atoms with Gasteiger partial charge in [0, 0.05) is 17.8 Å². The SMILES string of the molecule is CCNCC(C)c1c(C)nn(Cc2ccccc2)c1C. The zero-order chi connectivity index (χ0) is 14.5. The highest BCUT2D eigenvalue weighted by atomic mass is 15.3. The fraction of sp³-hybridized carbons (Fsp3) is 0.471. The molecular weight excluding hydrogens is 246 g/mol. The number of hydrogen-bond donors (Lipinski definition) is 1. The van der Waals surface area contributed by atoms with Crippen molar-refractivity contribution in [1.29, 1.82) is 0 Å². The normalized spacial score (nSPS) is 12.6. The summed E-state index contributed by atoms with van der Waals surface area (Å²) in [5, 5.41) is 8.15. The first-order chi connectivity index (χ1) is 9.63. The Morgan fingerprint density at radius 1 is 1.20 bits per heavy atom. The van der Waals surface area contributed by atoms with E-state index in [9.17, 15) is 0 Å². The van der Waals surface area contributed by atoms with E-state index in [1.807, 2.05) is 0 Å². The molecule has 2 aromatic rings. The number of rotatable bonds is 6. The highest BCUT2D eigenvalue weighted by Gasteiger charge is 2.17. The number of aromatic nitrogens is 2. The van der Waals surface area contributed by atoms with Crippen LogP contribution in [0, 0.1) is 13.8 Å². The lowest BCUT2D eigenvalue weighted by molar-refractivity contribution is 0.624. The van der Waals surface area contributed by atoms with Crippen LogP contribution in [-0.4, -0.2) is 22.9 Å². The molecule has 0 saturated carbocycles. The second-order valence-corrected chi connectivity index (χ2v) is 5.44. The summed E-state index contributed by atoms with van der Waals surface area (Å²) in [4.78, 5) is 0. The highest BCUT2D eigenvalue weighted by molar-refractivity contribution is 5.29. The van der Waals surface area contributed by atoms with Crippen LogP contribution >= 0.6 is 0 Å². The van der Waals surface area contributed by atoms with Crippen molar-refractivity contribution in [2.24, 2.45) is 0 Å². The molecule has 0 aliphatic rings. The minimum atomic E-state index is 0.500. The molecule has 1 heterocycles. The number of nitrogens with one attached hydrogen (secondary N) is 1. The first-order valence-corrected chi connectivity index (χ1v) is 7.42. The Kier molecular flexibility index (Phi) is 4.96. The molecule has 0 aliphatic carbocycles. The first kappa shape index (κ1) is 14.8. The van der Waals surface area contributed by atoms with Crippen molar-refractivity contribution in [3.63, 3.8) is 0 Å². The molecule has 0 bridgehead atoms. The van der Waals surface area contributed by atoms with E-state index in [1.54, 1.807) is 0 Å². The van der Waals surface area contributed by atoms with Gasteiger partial charge < -0.3 is 5.32 Å². The highest BCUT2D eigenvalue weighted by Crippen LogP contribution is 2.23. The number of likely N-dealkylation sites (N-methyl/N-ethyl adjacent to an activating group) is 1. The Hall–Kier alpha value is -1.61. The molecule has 0 spiro atoms. The van der Waals surface area contributed by atoms with Gasteiger partial charge in [-0.2, -0.15) is 5.10 Å². The predicted molar refractivity (Wildman–Crippen MR) is 84.2 cm³/mol. The summed E-state index contributed by atoms with van der Waals surface area (Å²) >= 11 is 0. The average molecular weight is 271 g/mol. The molecule has 1 atom stereocenters. The van der Waals surface area contributed by atoms with Crippen LogP contribution in [0.15, 0.2) is 30.3 Å². The second-order valence-electron chi connectivity index (χ2n) is 5.44. The van der Waals surface area contributed by atoms with Crippen LogP contribution in [0.1, 0.15) is 42.3 Å².